The van der Waals surface area contributed by atoms with E-state index in [1.807, 2.05) is 13.8 Å². The Morgan fingerprint density at radius 3 is 2.24 bits per heavy atom. The van der Waals surface area contributed by atoms with Crippen molar-refractivity contribution in [2.75, 3.05) is 20.3 Å². The van der Waals surface area contributed by atoms with Crippen LogP contribution < -0.4 is 5.32 Å². The molecule has 0 aliphatic heterocycles. The van der Waals surface area contributed by atoms with E-state index in [0.29, 0.717) is 25.2 Å². The second kappa shape index (κ2) is 8.36. The SMILES string of the molecule is CCOC(OCC)C(Cc1cccc(C(F)(F)F)c1)NC. The van der Waals surface area contributed by atoms with Crippen LogP contribution in [0.4, 0.5) is 13.2 Å². The normalized spacial score (nSPS) is 13.7. The molecule has 1 aromatic rings. The number of alkyl halides is 3. The number of rotatable bonds is 8. The van der Waals surface area contributed by atoms with Crippen LogP contribution in [0.1, 0.15) is 25.0 Å². The summed E-state index contributed by atoms with van der Waals surface area (Å²) in [5.74, 6) is 0. The van der Waals surface area contributed by atoms with E-state index in [1.54, 1.807) is 13.1 Å². The van der Waals surface area contributed by atoms with E-state index in [9.17, 15) is 13.2 Å². The fourth-order valence-electron chi connectivity index (χ4n) is 2.07. The van der Waals surface area contributed by atoms with Gasteiger partial charge in [0, 0.05) is 13.2 Å². The first-order chi connectivity index (χ1) is 9.92. The summed E-state index contributed by atoms with van der Waals surface area (Å²) >= 11 is 0. The van der Waals surface area contributed by atoms with Crippen molar-refractivity contribution in [2.24, 2.45) is 0 Å². The zero-order valence-electron chi connectivity index (χ0n) is 12.5. The standard InChI is InChI=1S/C15H22F3NO2/c1-4-20-14(21-5-2)13(19-3)10-11-7-6-8-12(9-11)15(16,17)18/h6-9,13-14,19H,4-5,10H2,1-3H3. The lowest BCUT2D eigenvalue weighted by Crippen LogP contribution is -2.43. The Bertz CT molecular complexity index is 418. The molecule has 0 saturated carbocycles. The molecule has 0 fully saturated rings. The molecule has 1 unspecified atom stereocenters. The average molecular weight is 305 g/mol. The zero-order valence-corrected chi connectivity index (χ0v) is 12.5. The van der Waals surface area contributed by atoms with Crippen LogP contribution in [0.3, 0.4) is 0 Å². The van der Waals surface area contributed by atoms with Crippen LogP contribution in [-0.2, 0) is 22.1 Å². The molecule has 120 valence electrons. The van der Waals surface area contributed by atoms with Gasteiger partial charge in [-0.3, -0.25) is 0 Å². The second-order valence-corrected chi connectivity index (χ2v) is 4.58. The number of nitrogens with one attached hydrogen (secondary N) is 1. The lowest BCUT2D eigenvalue weighted by atomic mass is 10.0. The zero-order chi connectivity index (χ0) is 15.9. The molecule has 0 spiro atoms. The highest BCUT2D eigenvalue weighted by Gasteiger charge is 2.30. The van der Waals surface area contributed by atoms with E-state index in [0.717, 1.165) is 6.07 Å². The Kier molecular flexibility index (Phi) is 7.14. The van der Waals surface area contributed by atoms with Gasteiger partial charge in [-0.25, -0.2) is 0 Å². The van der Waals surface area contributed by atoms with Crippen LogP contribution >= 0.6 is 0 Å². The molecule has 0 heterocycles. The third kappa shape index (κ3) is 5.65. The molecule has 0 radical (unpaired) electrons. The van der Waals surface area contributed by atoms with Gasteiger partial charge in [0.25, 0.3) is 0 Å². The van der Waals surface area contributed by atoms with E-state index in [4.69, 9.17) is 9.47 Å². The van der Waals surface area contributed by atoms with E-state index in [-0.39, 0.29) is 6.04 Å². The first-order valence-corrected chi connectivity index (χ1v) is 6.99. The maximum absolute atomic E-state index is 12.7. The number of benzene rings is 1. The molecule has 0 aliphatic carbocycles. The van der Waals surface area contributed by atoms with Crippen molar-refractivity contribution < 1.29 is 22.6 Å². The minimum Gasteiger partial charge on any atom is -0.351 e. The minimum atomic E-state index is -4.33. The Morgan fingerprint density at radius 2 is 1.76 bits per heavy atom. The predicted molar refractivity (Wildman–Crippen MR) is 75.0 cm³/mol. The third-order valence-corrected chi connectivity index (χ3v) is 3.07. The molecule has 0 aromatic heterocycles. The van der Waals surface area contributed by atoms with Crippen LogP contribution in [0.15, 0.2) is 24.3 Å². The van der Waals surface area contributed by atoms with Crippen LogP contribution in [0.25, 0.3) is 0 Å². The van der Waals surface area contributed by atoms with Crippen molar-refractivity contribution in [2.45, 2.75) is 38.8 Å². The van der Waals surface area contributed by atoms with Crippen LogP contribution in [0, 0.1) is 0 Å². The predicted octanol–water partition coefficient (Wildman–Crippen LogP) is 3.24. The topological polar surface area (TPSA) is 30.5 Å². The largest absolute Gasteiger partial charge is 0.416 e. The number of ether oxygens (including phenoxy) is 2. The quantitative estimate of drug-likeness (QED) is 0.748. The molecule has 3 nitrogen and oxygen atoms in total. The van der Waals surface area contributed by atoms with Crippen molar-refractivity contribution in [3.63, 3.8) is 0 Å². The number of hydrogen-bond donors (Lipinski definition) is 1. The summed E-state index contributed by atoms with van der Waals surface area (Å²) in [6.45, 7) is 4.66. The fourth-order valence-corrected chi connectivity index (χ4v) is 2.07. The second-order valence-electron chi connectivity index (χ2n) is 4.58. The summed E-state index contributed by atoms with van der Waals surface area (Å²) < 4.78 is 49.2. The summed E-state index contributed by atoms with van der Waals surface area (Å²) in [6, 6.07) is 5.11. The van der Waals surface area contributed by atoms with Crippen molar-refractivity contribution in [1.82, 2.24) is 5.32 Å². The summed E-state index contributed by atoms with van der Waals surface area (Å²) in [5, 5.41) is 3.05. The Balaban J connectivity index is 2.85. The molecule has 1 rings (SSSR count). The van der Waals surface area contributed by atoms with E-state index < -0.39 is 18.0 Å². The molecule has 0 bridgehead atoms. The molecular weight excluding hydrogens is 283 g/mol. The summed E-state index contributed by atoms with van der Waals surface area (Å²) in [5.41, 5.74) is -0.0483. The highest BCUT2D eigenvalue weighted by atomic mass is 19.4. The minimum absolute atomic E-state index is 0.214. The highest BCUT2D eigenvalue weighted by Crippen LogP contribution is 2.29. The summed E-state index contributed by atoms with van der Waals surface area (Å²) in [7, 11) is 1.74. The van der Waals surface area contributed by atoms with Crippen molar-refractivity contribution in [3.8, 4) is 0 Å². The van der Waals surface area contributed by atoms with Crippen LogP contribution in [-0.4, -0.2) is 32.6 Å². The number of likely N-dealkylation sites (N-methyl/N-ethyl adjacent to an activating group) is 1. The molecule has 0 saturated heterocycles. The monoisotopic (exact) mass is 305 g/mol. The maximum Gasteiger partial charge on any atom is 0.416 e. The Morgan fingerprint density at radius 1 is 1.14 bits per heavy atom. The van der Waals surface area contributed by atoms with Crippen LogP contribution in [0.2, 0.25) is 0 Å². The molecular formula is C15H22F3NO2. The van der Waals surface area contributed by atoms with Gasteiger partial charge in [0.1, 0.15) is 0 Å². The smallest absolute Gasteiger partial charge is 0.351 e. The Labute approximate surface area is 123 Å². The lowest BCUT2D eigenvalue weighted by molar-refractivity contribution is -0.152. The molecule has 0 amide bonds. The number of halogens is 3. The van der Waals surface area contributed by atoms with Gasteiger partial charge in [0.15, 0.2) is 6.29 Å². The molecule has 1 atom stereocenters. The first kappa shape index (κ1) is 17.9. The van der Waals surface area contributed by atoms with Gasteiger partial charge in [-0.2, -0.15) is 13.2 Å². The van der Waals surface area contributed by atoms with Gasteiger partial charge in [-0.15, -0.1) is 0 Å². The fraction of sp³-hybridized carbons (Fsp3) is 0.600. The first-order valence-electron chi connectivity index (χ1n) is 6.99. The molecule has 21 heavy (non-hydrogen) atoms. The molecule has 1 aromatic carbocycles. The molecule has 6 heteroatoms. The Hall–Kier alpha value is -1.11. The van der Waals surface area contributed by atoms with Crippen molar-refractivity contribution >= 4 is 0 Å². The summed E-state index contributed by atoms with van der Waals surface area (Å²) in [6.07, 6.45) is -4.42. The van der Waals surface area contributed by atoms with Gasteiger partial charge >= 0.3 is 6.18 Å². The molecule has 0 aliphatic rings. The van der Waals surface area contributed by atoms with Gasteiger partial charge in [0.05, 0.1) is 11.6 Å². The van der Waals surface area contributed by atoms with Gasteiger partial charge in [-0.05, 0) is 38.9 Å². The van der Waals surface area contributed by atoms with Crippen molar-refractivity contribution in [3.05, 3.63) is 35.4 Å². The van der Waals surface area contributed by atoms with Crippen LogP contribution in [0.5, 0.6) is 0 Å². The van der Waals surface area contributed by atoms with E-state index in [2.05, 4.69) is 5.32 Å². The third-order valence-electron chi connectivity index (χ3n) is 3.07. The maximum atomic E-state index is 12.7. The lowest BCUT2D eigenvalue weighted by Gasteiger charge is -2.26. The van der Waals surface area contributed by atoms with Crippen molar-refractivity contribution in [1.29, 1.82) is 0 Å². The number of hydrogen-bond acceptors (Lipinski definition) is 3. The van der Waals surface area contributed by atoms with Gasteiger partial charge in [0.2, 0.25) is 0 Å². The summed E-state index contributed by atoms with van der Waals surface area (Å²) in [4.78, 5) is 0. The average Bonchev–Trinajstić information content (AvgIpc) is 2.44. The van der Waals surface area contributed by atoms with Gasteiger partial charge in [-0.1, -0.05) is 18.2 Å². The molecule has 1 N–H and O–H groups in total. The highest BCUT2D eigenvalue weighted by molar-refractivity contribution is 5.26. The van der Waals surface area contributed by atoms with E-state index in [1.165, 1.54) is 12.1 Å². The van der Waals surface area contributed by atoms with E-state index >= 15 is 0 Å². The van der Waals surface area contributed by atoms with Gasteiger partial charge < -0.3 is 14.8 Å².